The number of carbonyl (C=O) groups excluding carboxylic acids is 1. The summed E-state index contributed by atoms with van der Waals surface area (Å²) < 4.78 is 5.36. The molecule has 0 fully saturated rings. The van der Waals surface area contributed by atoms with Gasteiger partial charge in [-0.25, -0.2) is 4.98 Å². The molecule has 0 spiro atoms. The summed E-state index contributed by atoms with van der Waals surface area (Å²) in [6.07, 6.45) is 2.60. The van der Waals surface area contributed by atoms with Gasteiger partial charge in [-0.15, -0.1) is 0 Å². The summed E-state index contributed by atoms with van der Waals surface area (Å²) >= 11 is 0. The number of amides is 1. The Hall–Kier alpha value is -3.87. The summed E-state index contributed by atoms with van der Waals surface area (Å²) in [5, 5.41) is 4.14. The zero-order valence-corrected chi connectivity index (χ0v) is 17.4. The monoisotopic (exact) mass is 416 g/mol. The van der Waals surface area contributed by atoms with Crippen LogP contribution in [0, 0.1) is 6.92 Å². The van der Waals surface area contributed by atoms with Crippen LogP contribution in [0.2, 0.25) is 0 Å². The first-order valence-electron chi connectivity index (χ1n) is 10.1. The van der Waals surface area contributed by atoms with Gasteiger partial charge in [-0.3, -0.25) is 9.59 Å². The molecular weight excluding hydrogens is 392 g/mol. The van der Waals surface area contributed by atoms with E-state index in [1.165, 1.54) is 6.07 Å². The summed E-state index contributed by atoms with van der Waals surface area (Å²) in [4.78, 5) is 35.4. The highest BCUT2D eigenvalue weighted by atomic mass is 16.5. The van der Waals surface area contributed by atoms with E-state index in [4.69, 9.17) is 4.74 Å². The number of hydrogen-bond acceptors (Lipinski definition) is 4. The lowest BCUT2D eigenvalue weighted by Gasteiger charge is -2.19. The lowest BCUT2D eigenvalue weighted by Crippen LogP contribution is -2.33. The van der Waals surface area contributed by atoms with Crippen LogP contribution in [-0.4, -0.2) is 28.0 Å². The van der Waals surface area contributed by atoms with Gasteiger partial charge in [-0.05, 0) is 24.6 Å². The van der Waals surface area contributed by atoms with E-state index in [1.54, 1.807) is 14.0 Å². The van der Waals surface area contributed by atoms with E-state index in [1.807, 2.05) is 54.7 Å². The van der Waals surface area contributed by atoms with Crippen LogP contribution in [0.5, 0.6) is 5.75 Å². The fourth-order valence-electron chi connectivity index (χ4n) is 3.80. The number of carbonyl (C=O) groups is 1. The van der Waals surface area contributed by atoms with Gasteiger partial charge in [0.1, 0.15) is 11.6 Å². The largest absolute Gasteiger partial charge is 0.496 e. The van der Waals surface area contributed by atoms with Crippen molar-refractivity contribution < 1.29 is 9.53 Å². The topological polar surface area (TPSA) is 99.9 Å². The number of nitrogens with zero attached hydrogens (tertiary/aromatic N) is 1. The van der Waals surface area contributed by atoms with Gasteiger partial charge < -0.3 is 20.0 Å². The van der Waals surface area contributed by atoms with Crippen molar-refractivity contribution in [2.24, 2.45) is 0 Å². The summed E-state index contributed by atoms with van der Waals surface area (Å²) in [6, 6.07) is 16.4. The highest BCUT2D eigenvalue weighted by molar-refractivity contribution is 5.83. The second-order valence-electron chi connectivity index (χ2n) is 7.43. The molecule has 1 atom stereocenters. The molecule has 3 N–H and O–H groups in total. The first-order chi connectivity index (χ1) is 15.0. The normalized spacial score (nSPS) is 11.9. The van der Waals surface area contributed by atoms with Crippen molar-refractivity contribution in [1.29, 1.82) is 0 Å². The Morgan fingerprint density at radius 2 is 1.90 bits per heavy atom. The first kappa shape index (κ1) is 20.4. The summed E-state index contributed by atoms with van der Waals surface area (Å²) in [5.41, 5.74) is 3.14. The van der Waals surface area contributed by atoms with E-state index in [9.17, 15) is 9.59 Å². The molecule has 0 saturated heterocycles. The van der Waals surface area contributed by atoms with Crippen molar-refractivity contribution in [2.45, 2.75) is 25.8 Å². The summed E-state index contributed by atoms with van der Waals surface area (Å²) in [7, 11) is 1.58. The molecule has 0 radical (unpaired) electrons. The number of methoxy groups -OCH3 is 1. The zero-order chi connectivity index (χ0) is 21.8. The lowest BCUT2D eigenvalue weighted by atomic mass is 10.0. The van der Waals surface area contributed by atoms with Crippen LogP contribution in [0.25, 0.3) is 10.9 Å². The van der Waals surface area contributed by atoms with E-state index >= 15 is 0 Å². The Kier molecular flexibility index (Phi) is 5.84. The maximum atomic E-state index is 12.9. The Balaban J connectivity index is 1.63. The van der Waals surface area contributed by atoms with Crippen LogP contribution in [0.3, 0.4) is 0 Å². The van der Waals surface area contributed by atoms with Crippen LogP contribution in [-0.2, 0) is 17.6 Å². The molecule has 1 unspecified atom stereocenters. The number of aryl methyl sites for hydroxylation is 1. The third-order valence-electron chi connectivity index (χ3n) is 5.21. The van der Waals surface area contributed by atoms with Crippen LogP contribution in [0.1, 0.15) is 28.7 Å². The van der Waals surface area contributed by atoms with Crippen molar-refractivity contribution in [1.82, 2.24) is 20.3 Å². The molecule has 31 heavy (non-hydrogen) atoms. The Morgan fingerprint density at radius 3 is 2.71 bits per heavy atom. The minimum Gasteiger partial charge on any atom is -0.496 e. The average Bonchev–Trinajstić information content (AvgIpc) is 3.16. The number of benzene rings is 2. The van der Waals surface area contributed by atoms with Gasteiger partial charge in [0.05, 0.1) is 25.3 Å². The van der Waals surface area contributed by atoms with Crippen LogP contribution >= 0.6 is 0 Å². The van der Waals surface area contributed by atoms with Crippen molar-refractivity contribution in [2.75, 3.05) is 7.11 Å². The van der Waals surface area contributed by atoms with E-state index in [2.05, 4.69) is 20.3 Å². The molecule has 0 aliphatic heterocycles. The maximum absolute atomic E-state index is 12.9. The standard InChI is InChI=1S/C24H24N4O3/c1-15-26-21(13-24(30)27-15)20(11-17-14-25-19-9-5-4-8-18(17)19)28-23(29)12-16-7-3-6-10-22(16)31-2/h3-10,13-14,20,25H,11-12H2,1-2H3,(H,28,29)(H,26,27,30). The van der Waals surface area contributed by atoms with E-state index in [0.717, 1.165) is 22.0 Å². The van der Waals surface area contributed by atoms with Gasteiger partial charge >= 0.3 is 0 Å². The molecular formula is C24H24N4O3. The number of hydrogen-bond donors (Lipinski definition) is 3. The van der Waals surface area contributed by atoms with E-state index < -0.39 is 6.04 Å². The van der Waals surface area contributed by atoms with Gasteiger partial charge in [0, 0.05) is 35.2 Å². The highest BCUT2D eigenvalue weighted by Gasteiger charge is 2.20. The maximum Gasteiger partial charge on any atom is 0.251 e. The Morgan fingerprint density at radius 1 is 1.13 bits per heavy atom. The van der Waals surface area contributed by atoms with Gasteiger partial charge in [0.2, 0.25) is 5.91 Å². The Labute approximate surface area is 179 Å². The van der Waals surface area contributed by atoms with Crippen molar-refractivity contribution in [3.05, 3.63) is 93.8 Å². The molecule has 2 aromatic carbocycles. The minimum atomic E-state index is -0.456. The molecule has 0 aliphatic rings. The molecule has 0 bridgehead atoms. The molecule has 7 heteroatoms. The third kappa shape index (κ3) is 4.66. The number of aromatic amines is 2. The average molecular weight is 416 g/mol. The first-order valence-corrected chi connectivity index (χ1v) is 10.1. The number of nitrogens with one attached hydrogen (secondary N) is 3. The number of fused-ring (bicyclic) bond motifs is 1. The predicted molar refractivity (Wildman–Crippen MR) is 119 cm³/mol. The summed E-state index contributed by atoms with van der Waals surface area (Å²) in [5.74, 6) is 0.996. The van der Waals surface area contributed by atoms with Gasteiger partial charge in [0.15, 0.2) is 0 Å². The molecule has 0 saturated carbocycles. The van der Waals surface area contributed by atoms with Crippen molar-refractivity contribution in [3.8, 4) is 5.75 Å². The molecule has 0 aliphatic carbocycles. The molecule has 4 rings (SSSR count). The van der Waals surface area contributed by atoms with Crippen LogP contribution in [0.4, 0.5) is 0 Å². The molecule has 7 nitrogen and oxygen atoms in total. The van der Waals surface area contributed by atoms with E-state index in [-0.39, 0.29) is 17.9 Å². The molecule has 2 heterocycles. The second kappa shape index (κ2) is 8.87. The predicted octanol–water partition coefficient (Wildman–Crippen LogP) is 3.21. The smallest absolute Gasteiger partial charge is 0.251 e. The molecule has 4 aromatic rings. The summed E-state index contributed by atoms with van der Waals surface area (Å²) in [6.45, 7) is 1.73. The van der Waals surface area contributed by atoms with Crippen molar-refractivity contribution in [3.63, 3.8) is 0 Å². The second-order valence-corrected chi connectivity index (χ2v) is 7.43. The Bertz CT molecular complexity index is 1280. The van der Waals surface area contributed by atoms with Gasteiger partial charge in [-0.2, -0.15) is 0 Å². The SMILES string of the molecule is COc1ccccc1CC(=O)NC(Cc1c[nH]c2ccccc12)c1cc(=O)[nH]c(C)n1. The van der Waals surface area contributed by atoms with Crippen molar-refractivity contribution >= 4 is 16.8 Å². The van der Waals surface area contributed by atoms with Gasteiger partial charge in [-0.1, -0.05) is 36.4 Å². The van der Waals surface area contributed by atoms with Gasteiger partial charge in [0.25, 0.3) is 5.56 Å². The quantitative estimate of drug-likeness (QED) is 0.431. The number of rotatable bonds is 7. The molecule has 2 aromatic heterocycles. The molecule has 1 amide bonds. The fourth-order valence-corrected chi connectivity index (χ4v) is 3.80. The van der Waals surface area contributed by atoms with E-state index in [0.29, 0.717) is 23.7 Å². The lowest BCUT2D eigenvalue weighted by molar-refractivity contribution is -0.121. The van der Waals surface area contributed by atoms with Crippen LogP contribution < -0.4 is 15.6 Å². The number of ether oxygens (including phenoxy) is 1. The van der Waals surface area contributed by atoms with Crippen LogP contribution in [0.15, 0.2) is 65.6 Å². The zero-order valence-electron chi connectivity index (χ0n) is 17.4. The number of aromatic nitrogens is 3. The minimum absolute atomic E-state index is 0.163. The molecule has 158 valence electrons. The number of H-pyrrole nitrogens is 2. The fraction of sp³-hybridized carbons (Fsp3) is 0.208. The third-order valence-corrected chi connectivity index (χ3v) is 5.21. The number of para-hydroxylation sites is 2. The highest BCUT2D eigenvalue weighted by Crippen LogP contribution is 2.24.